The van der Waals surface area contributed by atoms with E-state index < -0.39 is 0 Å². The van der Waals surface area contributed by atoms with Gasteiger partial charge in [0.15, 0.2) is 0 Å². The molecule has 3 fully saturated rings. The highest BCUT2D eigenvalue weighted by Crippen LogP contribution is 2.66. The van der Waals surface area contributed by atoms with Crippen LogP contribution in [0.25, 0.3) is 0 Å². The monoisotopic (exact) mass is 312 g/mol. The highest BCUT2D eigenvalue weighted by Gasteiger charge is 2.59. The first kappa shape index (κ1) is 15.7. The van der Waals surface area contributed by atoms with Crippen LogP contribution in [-0.4, -0.2) is 11.2 Å². The van der Waals surface area contributed by atoms with Gasteiger partial charge in [-0.2, -0.15) is 0 Å². The SMILES string of the molecule is C=C[C@]12CCC(=CC)C=C1CCC1C2CC[C@@]2(C)C1CC[C@@H]2O. The zero-order valence-electron chi connectivity index (χ0n) is 14.9. The van der Waals surface area contributed by atoms with Gasteiger partial charge in [-0.3, -0.25) is 0 Å². The molecule has 0 bridgehead atoms. The van der Waals surface area contributed by atoms with E-state index in [4.69, 9.17) is 0 Å². The highest BCUT2D eigenvalue weighted by atomic mass is 16.3. The number of fused-ring (bicyclic) bond motifs is 5. The molecule has 0 spiro atoms. The van der Waals surface area contributed by atoms with Crippen LogP contribution in [0.15, 0.2) is 36.0 Å². The van der Waals surface area contributed by atoms with Crippen LogP contribution in [0.5, 0.6) is 0 Å². The van der Waals surface area contributed by atoms with Gasteiger partial charge in [0.2, 0.25) is 0 Å². The molecule has 0 aromatic heterocycles. The Morgan fingerprint density at radius 2 is 1.96 bits per heavy atom. The molecule has 0 saturated heterocycles. The Bertz CT molecular complexity index is 571. The van der Waals surface area contributed by atoms with Crippen molar-refractivity contribution in [3.05, 3.63) is 36.0 Å². The van der Waals surface area contributed by atoms with E-state index in [-0.39, 0.29) is 16.9 Å². The molecule has 0 aromatic rings. The maximum Gasteiger partial charge on any atom is 0.0596 e. The molecule has 0 heterocycles. The third-order valence-corrected chi connectivity index (χ3v) is 8.32. The molecule has 1 heteroatoms. The Balaban J connectivity index is 1.72. The maximum atomic E-state index is 10.6. The average molecular weight is 312 g/mol. The largest absolute Gasteiger partial charge is 0.393 e. The molecule has 0 aromatic carbocycles. The summed E-state index contributed by atoms with van der Waals surface area (Å²) in [5.74, 6) is 2.30. The Morgan fingerprint density at radius 1 is 1.13 bits per heavy atom. The highest BCUT2D eigenvalue weighted by molar-refractivity contribution is 5.38. The number of aliphatic hydroxyl groups is 1. The summed E-state index contributed by atoms with van der Waals surface area (Å²) in [4.78, 5) is 0. The van der Waals surface area contributed by atoms with Crippen molar-refractivity contribution in [2.75, 3.05) is 0 Å². The topological polar surface area (TPSA) is 20.2 Å². The minimum absolute atomic E-state index is 0.0638. The number of hydrogen-bond donors (Lipinski definition) is 1. The van der Waals surface area contributed by atoms with E-state index >= 15 is 0 Å². The van der Waals surface area contributed by atoms with Crippen LogP contribution < -0.4 is 0 Å². The van der Waals surface area contributed by atoms with Crippen molar-refractivity contribution >= 4 is 0 Å². The molecular formula is C22H32O. The molecule has 4 aliphatic carbocycles. The Kier molecular flexibility index (Phi) is 3.65. The van der Waals surface area contributed by atoms with Gasteiger partial charge in [0.1, 0.15) is 0 Å². The van der Waals surface area contributed by atoms with E-state index in [0.29, 0.717) is 0 Å². The van der Waals surface area contributed by atoms with Gasteiger partial charge >= 0.3 is 0 Å². The van der Waals surface area contributed by atoms with Crippen LogP contribution in [0.4, 0.5) is 0 Å². The van der Waals surface area contributed by atoms with E-state index in [0.717, 1.165) is 24.2 Å². The van der Waals surface area contributed by atoms with Gasteiger partial charge < -0.3 is 5.11 Å². The molecular weight excluding hydrogens is 280 g/mol. The van der Waals surface area contributed by atoms with Crippen LogP contribution in [0.1, 0.15) is 65.2 Å². The van der Waals surface area contributed by atoms with Crippen LogP contribution in [-0.2, 0) is 0 Å². The quantitative estimate of drug-likeness (QED) is 0.641. The van der Waals surface area contributed by atoms with E-state index in [1.807, 2.05) is 0 Å². The van der Waals surface area contributed by atoms with Gasteiger partial charge in [-0.05, 0) is 81.5 Å². The van der Waals surface area contributed by atoms with Crippen molar-refractivity contribution in [2.24, 2.45) is 28.6 Å². The van der Waals surface area contributed by atoms with Gasteiger partial charge in [0.05, 0.1) is 6.10 Å². The zero-order valence-corrected chi connectivity index (χ0v) is 14.9. The molecule has 6 atom stereocenters. The number of rotatable bonds is 1. The van der Waals surface area contributed by atoms with Crippen molar-refractivity contribution in [3.63, 3.8) is 0 Å². The molecule has 126 valence electrons. The fourth-order valence-electron chi connectivity index (χ4n) is 6.91. The summed E-state index contributed by atoms with van der Waals surface area (Å²) in [7, 11) is 0. The summed E-state index contributed by atoms with van der Waals surface area (Å²) in [6, 6.07) is 0. The average Bonchev–Trinajstić information content (AvgIpc) is 2.89. The van der Waals surface area contributed by atoms with Crippen LogP contribution in [0, 0.1) is 28.6 Å². The third-order valence-electron chi connectivity index (χ3n) is 8.32. The summed E-state index contributed by atoms with van der Waals surface area (Å²) < 4.78 is 0. The van der Waals surface area contributed by atoms with Gasteiger partial charge in [-0.1, -0.05) is 36.3 Å². The first-order valence-electron chi connectivity index (χ1n) is 9.73. The number of hydrogen-bond acceptors (Lipinski definition) is 1. The van der Waals surface area contributed by atoms with Crippen molar-refractivity contribution < 1.29 is 5.11 Å². The maximum absolute atomic E-state index is 10.6. The van der Waals surface area contributed by atoms with E-state index in [2.05, 4.69) is 38.7 Å². The molecule has 0 amide bonds. The second kappa shape index (κ2) is 5.34. The first-order chi connectivity index (χ1) is 11.0. The normalized spacial score (nSPS) is 50.7. The van der Waals surface area contributed by atoms with E-state index in [9.17, 15) is 5.11 Å². The van der Waals surface area contributed by atoms with Crippen molar-refractivity contribution in [1.82, 2.24) is 0 Å². The summed E-state index contributed by atoms with van der Waals surface area (Å²) in [6.45, 7) is 8.85. The van der Waals surface area contributed by atoms with Gasteiger partial charge in [-0.15, -0.1) is 6.58 Å². The molecule has 1 N–H and O–H groups in total. The lowest BCUT2D eigenvalue weighted by molar-refractivity contribution is -0.0663. The molecule has 3 unspecified atom stereocenters. The summed E-state index contributed by atoms with van der Waals surface area (Å²) >= 11 is 0. The number of aliphatic hydroxyl groups excluding tert-OH is 1. The Morgan fingerprint density at radius 3 is 2.70 bits per heavy atom. The molecule has 4 rings (SSSR count). The Labute approximate surface area is 141 Å². The fraction of sp³-hybridized carbons (Fsp3) is 0.727. The summed E-state index contributed by atoms with van der Waals surface area (Å²) in [5, 5.41) is 10.6. The fourth-order valence-corrected chi connectivity index (χ4v) is 6.91. The van der Waals surface area contributed by atoms with E-state index in [1.165, 1.54) is 50.5 Å². The molecule has 4 aliphatic rings. The van der Waals surface area contributed by atoms with Crippen LogP contribution >= 0.6 is 0 Å². The third kappa shape index (κ3) is 2.02. The predicted octanol–water partition coefficient (Wildman–Crippen LogP) is 5.42. The number of allylic oxidation sites excluding steroid dienone is 5. The van der Waals surface area contributed by atoms with Gasteiger partial charge in [0, 0.05) is 5.41 Å². The second-order valence-electron chi connectivity index (χ2n) is 8.83. The molecule has 0 aliphatic heterocycles. The Hall–Kier alpha value is -0.820. The lowest BCUT2D eigenvalue weighted by Crippen LogP contribution is -2.51. The molecule has 0 radical (unpaired) electrons. The summed E-state index contributed by atoms with van der Waals surface area (Å²) in [5.41, 5.74) is 3.63. The van der Waals surface area contributed by atoms with Crippen molar-refractivity contribution in [1.29, 1.82) is 0 Å². The molecule has 3 saturated carbocycles. The van der Waals surface area contributed by atoms with E-state index in [1.54, 1.807) is 5.57 Å². The lowest BCUT2D eigenvalue weighted by atomic mass is 9.47. The van der Waals surface area contributed by atoms with Gasteiger partial charge in [-0.25, -0.2) is 0 Å². The smallest absolute Gasteiger partial charge is 0.0596 e. The van der Waals surface area contributed by atoms with Crippen LogP contribution in [0.3, 0.4) is 0 Å². The van der Waals surface area contributed by atoms with Gasteiger partial charge in [0.25, 0.3) is 0 Å². The lowest BCUT2D eigenvalue weighted by Gasteiger charge is -2.58. The first-order valence-corrected chi connectivity index (χ1v) is 9.73. The summed E-state index contributed by atoms with van der Waals surface area (Å²) in [6.07, 6.45) is 16.8. The molecule has 23 heavy (non-hydrogen) atoms. The predicted molar refractivity (Wildman–Crippen MR) is 96.0 cm³/mol. The minimum Gasteiger partial charge on any atom is -0.393 e. The van der Waals surface area contributed by atoms with Crippen LogP contribution in [0.2, 0.25) is 0 Å². The standard InChI is InChI=1S/C22H32O/c1-4-15-10-13-22(5-2)16(14-15)6-7-17-18-8-9-20(23)21(18,3)12-11-19(17)22/h4-5,14,17-20,23H,2,6-13H2,1,3H3/t17?,18?,19?,20-,21-,22-/m0/s1. The zero-order chi connectivity index (χ0) is 16.2. The molecule has 1 nitrogen and oxygen atoms in total. The van der Waals surface area contributed by atoms with Crippen molar-refractivity contribution in [2.45, 2.75) is 71.3 Å². The minimum atomic E-state index is -0.0638. The van der Waals surface area contributed by atoms with Crippen molar-refractivity contribution in [3.8, 4) is 0 Å². The second-order valence-corrected chi connectivity index (χ2v) is 8.83.